The number of hydrogen-bond acceptors (Lipinski definition) is 3. The van der Waals surface area contributed by atoms with E-state index in [4.69, 9.17) is 9.47 Å². The van der Waals surface area contributed by atoms with Crippen LogP contribution in [0.2, 0.25) is 0 Å². The first-order valence-corrected chi connectivity index (χ1v) is 5.48. The number of carbonyl (C=O) groups excluding carboxylic acids is 1. The molecule has 2 rings (SSSR count). The summed E-state index contributed by atoms with van der Waals surface area (Å²) in [5.41, 5.74) is -0.355. The Morgan fingerprint density at radius 2 is 1.73 bits per heavy atom. The molecule has 2 fully saturated rings. The Balaban J connectivity index is 2.40. The fourth-order valence-electron chi connectivity index (χ4n) is 3.68. The number of ketones is 1. The van der Waals surface area contributed by atoms with Gasteiger partial charge in [0.1, 0.15) is 5.78 Å². The summed E-state index contributed by atoms with van der Waals surface area (Å²) in [4.78, 5) is 12.1. The summed E-state index contributed by atoms with van der Waals surface area (Å²) >= 11 is 0. The number of ether oxygens (including phenoxy) is 2. The van der Waals surface area contributed by atoms with Crippen molar-refractivity contribution in [2.75, 3.05) is 14.2 Å². The minimum atomic E-state index is -0.678. The Morgan fingerprint density at radius 3 is 2.13 bits per heavy atom. The molecule has 0 radical (unpaired) electrons. The summed E-state index contributed by atoms with van der Waals surface area (Å²) in [6, 6.07) is 0. The average Bonchev–Trinajstić information content (AvgIpc) is 2.27. The standard InChI is InChI=1S/C12H20O3/c1-10(2)7-9(13)11(3)8(10)6-12(11,14-4)15-5/h8H,6-7H2,1-5H3/t8-,11-/m0/s1. The highest BCUT2D eigenvalue weighted by Gasteiger charge is 2.75. The lowest BCUT2D eigenvalue weighted by atomic mass is 9.53. The molecule has 0 N–H and O–H groups in total. The van der Waals surface area contributed by atoms with Crippen molar-refractivity contribution in [3.63, 3.8) is 0 Å². The van der Waals surface area contributed by atoms with Gasteiger partial charge in [-0.1, -0.05) is 13.8 Å². The van der Waals surface area contributed by atoms with E-state index in [0.717, 1.165) is 6.42 Å². The summed E-state index contributed by atoms with van der Waals surface area (Å²) in [7, 11) is 3.26. The Hall–Kier alpha value is -0.410. The van der Waals surface area contributed by atoms with Gasteiger partial charge in [-0.15, -0.1) is 0 Å². The van der Waals surface area contributed by atoms with Crippen LogP contribution in [0.25, 0.3) is 0 Å². The Bertz CT molecular complexity index is 304. The molecule has 86 valence electrons. The van der Waals surface area contributed by atoms with Crippen molar-refractivity contribution in [3.8, 4) is 0 Å². The van der Waals surface area contributed by atoms with Gasteiger partial charge in [-0.25, -0.2) is 0 Å². The second kappa shape index (κ2) is 2.83. The van der Waals surface area contributed by atoms with Crippen LogP contribution >= 0.6 is 0 Å². The minimum Gasteiger partial charge on any atom is -0.352 e. The molecule has 0 unspecified atom stereocenters. The maximum Gasteiger partial charge on any atom is 0.180 e. The molecule has 2 aliphatic carbocycles. The second-order valence-corrected chi connectivity index (χ2v) is 5.71. The molecule has 15 heavy (non-hydrogen) atoms. The largest absolute Gasteiger partial charge is 0.352 e. The van der Waals surface area contributed by atoms with E-state index in [0.29, 0.717) is 12.3 Å². The Labute approximate surface area is 91.1 Å². The van der Waals surface area contributed by atoms with E-state index in [-0.39, 0.29) is 11.2 Å². The number of methoxy groups -OCH3 is 2. The van der Waals surface area contributed by atoms with E-state index in [1.165, 1.54) is 0 Å². The summed E-state index contributed by atoms with van der Waals surface area (Å²) < 4.78 is 10.9. The summed E-state index contributed by atoms with van der Waals surface area (Å²) in [6.07, 6.45) is 1.47. The molecule has 0 amide bonds. The van der Waals surface area contributed by atoms with Gasteiger partial charge in [0, 0.05) is 27.1 Å². The van der Waals surface area contributed by atoms with Crippen LogP contribution in [0.1, 0.15) is 33.6 Å². The van der Waals surface area contributed by atoms with Gasteiger partial charge in [-0.2, -0.15) is 0 Å². The van der Waals surface area contributed by atoms with Crippen molar-refractivity contribution in [2.45, 2.75) is 39.4 Å². The topological polar surface area (TPSA) is 35.5 Å². The van der Waals surface area contributed by atoms with Gasteiger partial charge >= 0.3 is 0 Å². The second-order valence-electron chi connectivity index (χ2n) is 5.71. The maximum atomic E-state index is 12.1. The highest BCUT2D eigenvalue weighted by Crippen LogP contribution is 2.68. The smallest absolute Gasteiger partial charge is 0.180 e. The first-order valence-electron chi connectivity index (χ1n) is 5.48. The van der Waals surface area contributed by atoms with E-state index < -0.39 is 11.2 Å². The third kappa shape index (κ3) is 1.01. The van der Waals surface area contributed by atoms with Gasteiger partial charge in [0.2, 0.25) is 0 Å². The molecule has 3 nitrogen and oxygen atoms in total. The number of carbonyl (C=O) groups is 1. The number of rotatable bonds is 2. The van der Waals surface area contributed by atoms with Crippen molar-refractivity contribution in [1.29, 1.82) is 0 Å². The predicted octanol–water partition coefficient (Wildman–Crippen LogP) is 2.00. The highest BCUT2D eigenvalue weighted by atomic mass is 16.7. The lowest BCUT2D eigenvalue weighted by molar-refractivity contribution is -0.341. The molecule has 2 atom stereocenters. The normalized spacial score (nSPS) is 41.1. The van der Waals surface area contributed by atoms with Crippen molar-refractivity contribution in [3.05, 3.63) is 0 Å². The maximum absolute atomic E-state index is 12.1. The quantitative estimate of drug-likeness (QED) is 0.657. The van der Waals surface area contributed by atoms with E-state index in [9.17, 15) is 4.79 Å². The van der Waals surface area contributed by atoms with Gasteiger partial charge in [-0.3, -0.25) is 4.79 Å². The fraction of sp³-hybridized carbons (Fsp3) is 0.917. The highest BCUT2D eigenvalue weighted by molar-refractivity contribution is 5.90. The van der Waals surface area contributed by atoms with Crippen LogP contribution in [0.15, 0.2) is 0 Å². The van der Waals surface area contributed by atoms with Crippen LogP contribution in [0.5, 0.6) is 0 Å². The molecule has 0 spiro atoms. The zero-order valence-corrected chi connectivity index (χ0v) is 10.2. The van der Waals surface area contributed by atoms with Crippen molar-refractivity contribution in [1.82, 2.24) is 0 Å². The van der Waals surface area contributed by atoms with Crippen molar-refractivity contribution in [2.24, 2.45) is 16.7 Å². The van der Waals surface area contributed by atoms with Crippen LogP contribution < -0.4 is 0 Å². The van der Waals surface area contributed by atoms with E-state index in [1.807, 2.05) is 6.92 Å². The van der Waals surface area contributed by atoms with Crippen LogP contribution in [0.4, 0.5) is 0 Å². The molecule has 3 heteroatoms. The van der Waals surface area contributed by atoms with Gasteiger partial charge in [-0.05, 0) is 18.3 Å². The summed E-state index contributed by atoms with van der Waals surface area (Å²) in [5, 5.41) is 0. The summed E-state index contributed by atoms with van der Waals surface area (Å²) in [5.74, 6) is -0.00690. The molecule has 0 bridgehead atoms. The summed E-state index contributed by atoms with van der Waals surface area (Å²) in [6.45, 7) is 6.32. The van der Waals surface area contributed by atoms with Gasteiger partial charge in [0.15, 0.2) is 5.79 Å². The molecule has 0 aromatic carbocycles. The van der Waals surface area contributed by atoms with Crippen molar-refractivity contribution < 1.29 is 14.3 Å². The first kappa shape index (κ1) is 11.1. The van der Waals surface area contributed by atoms with E-state index in [1.54, 1.807) is 14.2 Å². The third-order valence-corrected chi connectivity index (χ3v) is 4.76. The molecule has 2 saturated carbocycles. The Kier molecular flexibility index (Phi) is 2.09. The molecule has 2 aliphatic rings. The number of fused-ring (bicyclic) bond motifs is 1. The predicted molar refractivity (Wildman–Crippen MR) is 56.4 cm³/mol. The SMILES string of the molecule is COC1(OC)C[C@H]2C(C)(C)CC(=O)[C@]21C. The number of Topliss-reactive ketones (excluding diaryl/α,β-unsaturated/α-hetero) is 1. The molecular formula is C12H20O3. The fourth-order valence-corrected chi connectivity index (χ4v) is 3.68. The van der Waals surface area contributed by atoms with E-state index >= 15 is 0 Å². The van der Waals surface area contributed by atoms with Crippen LogP contribution in [-0.2, 0) is 14.3 Å². The molecule has 0 aliphatic heterocycles. The molecular weight excluding hydrogens is 192 g/mol. The monoisotopic (exact) mass is 212 g/mol. The molecule has 0 heterocycles. The zero-order chi connectivity index (χ0) is 11.5. The lowest BCUT2D eigenvalue weighted by Gasteiger charge is -2.59. The molecule has 0 aromatic heterocycles. The van der Waals surface area contributed by atoms with E-state index in [2.05, 4.69) is 13.8 Å². The Morgan fingerprint density at radius 1 is 1.20 bits per heavy atom. The van der Waals surface area contributed by atoms with Crippen molar-refractivity contribution >= 4 is 5.78 Å². The van der Waals surface area contributed by atoms with Crippen LogP contribution in [-0.4, -0.2) is 25.8 Å². The van der Waals surface area contributed by atoms with Gasteiger partial charge in [0.05, 0.1) is 5.41 Å². The molecule has 0 aromatic rings. The molecule has 0 saturated heterocycles. The van der Waals surface area contributed by atoms with Crippen LogP contribution in [0.3, 0.4) is 0 Å². The minimum absolute atomic E-state index is 0.0897. The van der Waals surface area contributed by atoms with Gasteiger partial charge in [0.25, 0.3) is 0 Å². The average molecular weight is 212 g/mol. The third-order valence-electron chi connectivity index (χ3n) is 4.76. The lowest BCUT2D eigenvalue weighted by Crippen LogP contribution is -2.66. The van der Waals surface area contributed by atoms with Crippen LogP contribution in [0, 0.1) is 16.7 Å². The number of hydrogen-bond donors (Lipinski definition) is 0. The van der Waals surface area contributed by atoms with Gasteiger partial charge < -0.3 is 9.47 Å². The first-order chi connectivity index (χ1) is 6.84. The zero-order valence-electron chi connectivity index (χ0n) is 10.2.